The highest BCUT2D eigenvalue weighted by atomic mass is 32.2. The Morgan fingerprint density at radius 3 is 2.17 bits per heavy atom. The monoisotopic (exact) mass is 194 g/mol. The van der Waals surface area contributed by atoms with Crippen molar-refractivity contribution in [3.05, 3.63) is 0 Å². The number of ether oxygens (including phenoxy) is 1. The average molecular weight is 194 g/mol. The molecule has 0 bridgehead atoms. The quantitative estimate of drug-likeness (QED) is 0.508. The van der Waals surface area contributed by atoms with Gasteiger partial charge in [0.05, 0.1) is 6.10 Å². The zero-order valence-electron chi connectivity index (χ0n) is 7.04. The SMILES string of the molecule is CS[C@@H]1O[C@@H](C)[C@H](O)[C@@H](O)[C@H]1O. The van der Waals surface area contributed by atoms with Crippen molar-refractivity contribution in [2.75, 3.05) is 6.26 Å². The first-order valence-corrected chi connectivity index (χ1v) is 5.09. The van der Waals surface area contributed by atoms with Crippen LogP contribution in [0.25, 0.3) is 0 Å². The maximum Gasteiger partial charge on any atom is 0.132 e. The van der Waals surface area contributed by atoms with E-state index in [1.807, 2.05) is 0 Å². The number of hydrogen-bond donors (Lipinski definition) is 3. The average Bonchev–Trinajstić information content (AvgIpc) is 2.08. The molecule has 0 radical (unpaired) electrons. The summed E-state index contributed by atoms with van der Waals surface area (Å²) in [6, 6.07) is 0. The van der Waals surface area contributed by atoms with E-state index < -0.39 is 29.9 Å². The first kappa shape index (κ1) is 10.3. The van der Waals surface area contributed by atoms with Crippen molar-refractivity contribution in [3.8, 4) is 0 Å². The van der Waals surface area contributed by atoms with Crippen molar-refractivity contribution in [2.24, 2.45) is 0 Å². The molecule has 1 rings (SSSR count). The van der Waals surface area contributed by atoms with Gasteiger partial charge in [0.25, 0.3) is 0 Å². The largest absolute Gasteiger partial charge is 0.388 e. The summed E-state index contributed by atoms with van der Waals surface area (Å²) >= 11 is 1.32. The molecule has 0 aromatic rings. The molecule has 12 heavy (non-hydrogen) atoms. The summed E-state index contributed by atoms with van der Waals surface area (Å²) in [5.41, 5.74) is -0.446. The minimum Gasteiger partial charge on any atom is -0.388 e. The van der Waals surface area contributed by atoms with Gasteiger partial charge in [-0.25, -0.2) is 0 Å². The Morgan fingerprint density at radius 1 is 1.08 bits per heavy atom. The van der Waals surface area contributed by atoms with Crippen molar-refractivity contribution in [3.63, 3.8) is 0 Å². The third kappa shape index (κ3) is 1.75. The van der Waals surface area contributed by atoms with E-state index in [4.69, 9.17) is 4.74 Å². The summed E-state index contributed by atoms with van der Waals surface area (Å²) in [7, 11) is 0. The maximum atomic E-state index is 9.37. The lowest BCUT2D eigenvalue weighted by molar-refractivity contribution is -0.192. The molecule has 0 aromatic heterocycles. The standard InChI is InChI=1S/C7H14O4S/c1-3-4(8)5(9)6(10)7(11-3)12-2/h3-10H,1-2H3/t3-,4-,5+,6+,7-/m0/s1. The van der Waals surface area contributed by atoms with Crippen molar-refractivity contribution in [2.45, 2.75) is 36.8 Å². The van der Waals surface area contributed by atoms with Crippen molar-refractivity contribution in [1.29, 1.82) is 0 Å². The Labute approximate surface area is 75.5 Å². The predicted molar refractivity (Wildman–Crippen MR) is 45.9 cm³/mol. The third-order valence-corrected chi connectivity index (χ3v) is 2.90. The van der Waals surface area contributed by atoms with E-state index in [0.29, 0.717) is 0 Å². The van der Waals surface area contributed by atoms with Crippen LogP contribution < -0.4 is 0 Å². The lowest BCUT2D eigenvalue weighted by Crippen LogP contribution is -2.55. The Balaban J connectivity index is 2.63. The highest BCUT2D eigenvalue weighted by molar-refractivity contribution is 7.99. The molecular formula is C7H14O4S. The topological polar surface area (TPSA) is 69.9 Å². The fraction of sp³-hybridized carbons (Fsp3) is 1.00. The number of thioether (sulfide) groups is 1. The van der Waals surface area contributed by atoms with Gasteiger partial charge in [0.2, 0.25) is 0 Å². The molecular weight excluding hydrogens is 180 g/mol. The maximum absolute atomic E-state index is 9.37. The van der Waals surface area contributed by atoms with Crippen LogP contribution in [-0.2, 0) is 4.74 Å². The molecule has 0 saturated carbocycles. The van der Waals surface area contributed by atoms with Crippen LogP contribution in [0.1, 0.15) is 6.92 Å². The molecule has 72 valence electrons. The summed E-state index contributed by atoms with van der Waals surface area (Å²) < 4.78 is 5.23. The van der Waals surface area contributed by atoms with Crippen molar-refractivity contribution >= 4 is 11.8 Å². The van der Waals surface area contributed by atoms with Gasteiger partial charge in [0, 0.05) is 0 Å². The molecule has 0 aromatic carbocycles. The van der Waals surface area contributed by atoms with Crippen molar-refractivity contribution in [1.82, 2.24) is 0 Å². The molecule has 1 heterocycles. The Bertz CT molecular complexity index is 150. The molecule has 0 unspecified atom stereocenters. The molecule has 5 atom stereocenters. The van der Waals surface area contributed by atoms with Gasteiger partial charge in [-0.1, -0.05) is 0 Å². The van der Waals surface area contributed by atoms with Crippen LogP contribution in [0.2, 0.25) is 0 Å². The minimum absolute atomic E-state index is 0.430. The number of hydrogen-bond acceptors (Lipinski definition) is 5. The van der Waals surface area contributed by atoms with Crippen LogP contribution in [-0.4, -0.2) is 51.4 Å². The van der Waals surface area contributed by atoms with E-state index in [1.54, 1.807) is 13.2 Å². The summed E-state index contributed by atoms with van der Waals surface area (Å²) in [4.78, 5) is 0. The van der Waals surface area contributed by atoms with E-state index in [-0.39, 0.29) is 0 Å². The summed E-state index contributed by atoms with van der Waals surface area (Å²) in [5.74, 6) is 0. The van der Waals surface area contributed by atoms with E-state index in [1.165, 1.54) is 11.8 Å². The number of rotatable bonds is 1. The van der Waals surface area contributed by atoms with E-state index >= 15 is 0 Å². The first-order valence-electron chi connectivity index (χ1n) is 3.80. The van der Waals surface area contributed by atoms with E-state index in [9.17, 15) is 15.3 Å². The molecule has 1 aliphatic rings. The van der Waals surface area contributed by atoms with Crippen molar-refractivity contribution < 1.29 is 20.1 Å². The second kappa shape index (κ2) is 3.93. The normalized spacial score (nSPS) is 49.2. The fourth-order valence-electron chi connectivity index (χ4n) is 1.21. The summed E-state index contributed by atoms with van der Waals surface area (Å²) in [6.45, 7) is 1.67. The van der Waals surface area contributed by atoms with E-state index in [0.717, 1.165) is 0 Å². The van der Waals surface area contributed by atoms with Gasteiger partial charge in [-0.05, 0) is 13.2 Å². The minimum atomic E-state index is -1.11. The Morgan fingerprint density at radius 2 is 1.67 bits per heavy atom. The van der Waals surface area contributed by atoms with Gasteiger partial charge in [-0.2, -0.15) is 0 Å². The summed E-state index contributed by atoms with van der Waals surface area (Å²) in [6.07, 6.45) is -1.76. The third-order valence-electron chi connectivity index (χ3n) is 2.04. The number of aliphatic hydroxyl groups is 3. The van der Waals surface area contributed by atoms with E-state index in [2.05, 4.69) is 0 Å². The van der Waals surface area contributed by atoms with Crippen LogP contribution in [0.4, 0.5) is 0 Å². The molecule has 5 heteroatoms. The fourth-order valence-corrected chi connectivity index (χ4v) is 1.93. The van der Waals surface area contributed by atoms with Crippen LogP contribution in [0.15, 0.2) is 0 Å². The predicted octanol–water partition coefficient (Wildman–Crippen LogP) is -0.823. The zero-order valence-corrected chi connectivity index (χ0v) is 7.86. The molecule has 1 aliphatic heterocycles. The smallest absolute Gasteiger partial charge is 0.132 e. The molecule has 4 nitrogen and oxygen atoms in total. The highest BCUT2D eigenvalue weighted by Crippen LogP contribution is 2.26. The van der Waals surface area contributed by atoms with Crippen LogP contribution in [0, 0.1) is 0 Å². The van der Waals surface area contributed by atoms with Crippen LogP contribution >= 0.6 is 11.8 Å². The molecule has 0 spiro atoms. The highest BCUT2D eigenvalue weighted by Gasteiger charge is 2.41. The molecule has 1 saturated heterocycles. The van der Waals surface area contributed by atoms with Gasteiger partial charge < -0.3 is 20.1 Å². The Kier molecular flexibility index (Phi) is 3.37. The van der Waals surface area contributed by atoms with Gasteiger partial charge >= 0.3 is 0 Å². The van der Waals surface area contributed by atoms with Gasteiger partial charge in [0.1, 0.15) is 23.7 Å². The van der Waals surface area contributed by atoms with Crippen LogP contribution in [0.5, 0.6) is 0 Å². The lowest BCUT2D eigenvalue weighted by Gasteiger charge is -2.38. The summed E-state index contributed by atoms with van der Waals surface area (Å²) in [5, 5.41) is 28.0. The first-order chi connectivity index (χ1) is 5.57. The second-order valence-electron chi connectivity index (χ2n) is 2.92. The molecule has 0 amide bonds. The van der Waals surface area contributed by atoms with Crippen LogP contribution in [0.3, 0.4) is 0 Å². The van der Waals surface area contributed by atoms with Gasteiger partial charge in [-0.3, -0.25) is 0 Å². The Hall–Kier alpha value is 0.190. The molecule has 1 fully saturated rings. The lowest BCUT2D eigenvalue weighted by atomic mass is 10.0. The second-order valence-corrected chi connectivity index (χ2v) is 3.85. The molecule has 3 N–H and O–H groups in total. The number of aliphatic hydroxyl groups excluding tert-OH is 3. The molecule has 0 aliphatic carbocycles. The van der Waals surface area contributed by atoms with Gasteiger partial charge in [0.15, 0.2) is 0 Å². The zero-order chi connectivity index (χ0) is 9.30. The van der Waals surface area contributed by atoms with Gasteiger partial charge in [-0.15, -0.1) is 11.8 Å².